The first-order chi connectivity index (χ1) is 9.97. The molecule has 1 N–H and O–H groups in total. The standard InChI is InChI=1S/C19H32N2/c1-16(15-21-12-8-5-9-13-21)20-14-17-10-6-7-11-18(17)19(2,3)4/h6-7,10-11,16,20H,5,8-9,12-15H2,1-4H3. The van der Waals surface area contributed by atoms with Crippen molar-refractivity contribution in [1.29, 1.82) is 0 Å². The molecule has 1 fully saturated rings. The number of hydrogen-bond donors (Lipinski definition) is 1. The molecule has 1 aliphatic rings. The summed E-state index contributed by atoms with van der Waals surface area (Å²) in [6.07, 6.45) is 4.16. The monoisotopic (exact) mass is 288 g/mol. The molecule has 0 radical (unpaired) electrons. The number of nitrogens with zero attached hydrogens (tertiary/aromatic N) is 1. The van der Waals surface area contributed by atoms with Crippen LogP contribution in [0.3, 0.4) is 0 Å². The average Bonchev–Trinajstić information content (AvgIpc) is 2.45. The molecular weight excluding hydrogens is 256 g/mol. The lowest BCUT2D eigenvalue weighted by Gasteiger charge is -2.30. The maximum absolute atomic E-state index is 3.72. The number of piperidine rings is 1. The summed E-state index contributed by atoms with van der Waals surface area (Å²) in [5.41, 5.74) is 3.12. The van der Waals surface area contributed by atoms with Gasteiger partial charge in [0.1, 0.15) is 0 Å². The highest BCUT2D eigenvalue weighted by Crippen LogP contribution is 2.25. The minimum absolute atomic E-state index is 0.217. The van der Waals surface area contributed by atoms with Gasteiger partial charge in [-0.1, -0.05) is 51.5 Å². The molecule has 2 rings (SSSR count). The Morgan fingerprint density at radius 2 is 1.76 bits per heavy atom. The second-order valence-corrected chi connectivity index (χ2v) is 7.55. The fourth-order valence-corrected chi connectivity index (χ4v) is 3.28. The Balaban J connectivity index is 1.87. The van der Waals surface area contributed by atoms with Crippen LogP contribution in [0.5, 0.6) is 0 Å². The Labute approximate surface area is 130 Å². The molecule has 1 aromatic carbocycles. The van der Waals surface area contributed by atoms with Crippen molar-refractivity contribution in [2.45, 2.75) is 65.0 Å². The highest BCUT2D eigenvalue weighted by Gasteiger charge is 2.18. The Morgan fingerprint density at radius 1 is 1.10 bits per heavy atom. The fraction of sp³-hybridized carbons (Fsp3) is 0.684. The predicted octanol–water partition coefficient (Wildman–Crippen LogP) is 3.95. The van der Waals surface area contributed by atoms with E-state index in [1.165, 1.54) is 50.0 Å². The van der Waals surface area contributed by atoms with Gasteiger partial charge in [-0.25, -0.2) is 0 Å². The van der Waals surface area contributed by atoms with Crippen LogP contribution in [0.1, 0.15) is 58.1 Å². The predicted molar refractivity (Wildman–Crippen MR) is 91.7 cm³/mol. The summed E-state index contributed by atoms with van der Waals surface area (Å²) in [5, 5.41) is 3.72. The molecule has 1 aromatic rings. The van der Waals surface area contributed by atoms with Crippen LogP contribution in [0.4, 0.5) is 0 Å². The molecule has 1 unspecified atom stereocenters. The van der Waals surface area contributed by atoms with Crippen LogP contribution in [0, 0.1) is 0 Å². The largest absolute Gasteiger partial charge is 0.309 e. The smallest absolute Gasteiger partial charge is 0.0211 e. The summed E-state index contributed by atoms with van der Waals surface area (Å²) < 4.78 is 0. The van der Waals surface area contributed by atoms with Gasteiger partial charge in [-0.15, -0.1) is 0 Å². The van der Waals surface area contributed by atoms with Crippen molar-refractivity contribution < 1.29 is 0 Å². The molecule has 1 aliphatic heterocycles. The van der Waals surface area contributed by atoms with E-state index in [0.29, 0.717) is 6.04 Å². The third-order valence-corrected chi connectivity index (χ3v) is 4.45. The summed E-state index contributed by atoms with van der Waals surface area (Å²) >= 11 is 0. The number of rotatable bonds is 5. The van der Waals surface area contributed by atoms with Crippen molar-refractivity contribution >= 4 is 0 Å². The van der Waals surface area contributed by atoms with E-state index in [1.54, 1.807) is 0 Å². The highest BCUT2D eigenvalue weighted by atomic mass is 15.1. The first-order valence-electron chi connectivity index (χ1n) is 8.51. The van der Waals surface area contributed by atoms with Crippen LogP contribution in [0.2, 0.25) is 0 Å². The zero-order valence-electron chi connectivity index (χ0n) is 14.3. The quantitative estimate of drug-likeness (QED) is 0.882. The van der Waals surface area contributed by atoms with Gasteiger partial charge in [0, 0.05) is 19.1 Å². The topological polar surface area (TPSA) is 15.3 Å². The van der Waals surface area contributed by atoms with E-state index >= 15 is 0 Å². The number of hydrogen-bond acceptors (Lipinski definition) is 2. The lowest BCUT2D eigenvalue weighted by molar-refractivity contribution is 0.209. The summed E-state index contributed by atoms with van der Waals surface area (Å²) in [7, 11) is 0. The van der Waals surface area contributed by atoms with Crippen LogP contribution in [-0.4, -0.2) is 30.6 Å². The van der Waals surface area contributed by atoms with Gasteiger partial charge >= 0.3 is 0 Å². The van der Waals surface area contributed by atoms with Crippen LogP contribution in [0.25, 0.3) is 0 Å². The van der Waals surface area contributed by atoms with Gasteiger partial charge in [0.05, 0.1) is 0 Å². The van der Waals surface area contributed by atoms with Crippen molar-refractivity contribution in [3.63, 3.8) is 0 Å². The van der Waals surface area contributed by atoms with Gasteiger partial charge in [-0.2, -0.15) is 0 Å². The third-order valence-electron chi connectivity index (χ3n) is 4.45. The van der Waals surface area contributed by atoms with Crippen LogP contribution < -0.4 is 5.32 Å². The summed E-state index contributed by atoms with van der Waals surface area (Å²) in [4.78, 5) is 2.61. The van der Waals surface area contributed by atoms with Crippen molar-refractivity contribution in [2.24, 2.45) is 0 Å². The number of likely N-dealkylation sites (tertiary alicyclic amines) is 1. The fourth-order valence-electron chi connectivity index (χ4n) is 3.28. The van der Waals surface area contributed by atoms with Gasteiger partial charge in [-0.05, 0) is 49.4 Å². The van der Waals surface area contributed by atoms with Crippen molar-refractivity contribution in [3.8, 4) is 0 Å². The SMILES string of the molecule is CC(CN1CCCCC1)NCc1ccccc1C(C)(C)C. The van der Waals surface area contributed by atoms with Crippen molar-refractivity contribution in [1.82, 2.24) is 10.2 Å². The Hall–Kier alpha value is -0.860. The maximum atomic E-state index is 3.72. The van der Waals surface area contributed by atoms with E-state index in [1.807, 2.05) is 0 Å². The molecule has 0 amide bonds. The molecule has 2 heteroatoms. The minimum Gasteiger partial charge on any atom is -0.309 e. The summed E-state index contributed by atoms with van der Waals surface area (Å²) in [6.45, 7) is 13.9. The van der Waals surface area contributed by atoms with E-state index in [-0.39, 0.29) is 5.41 Å². The first kappa shape index (κ1) is 16.5. The van der Waals surface area contributed by atoms with E-state index in [2.05, 4.69) is 62.2 Å². The maximum Gasteiger partial charge on any atom is 0.0211 e. The molecule has 0 spiro atoms. The summed E-state index contributed by atoms with van der Waals surface area (Å²) in [5.74, 6) is 0. The van der Waals surface area contributed by atoms with Gasteiger partial charge in [-0.3, -0.25) is 0 Å². The lowest BCUT2D eigenvalue weighted by Crippen LogP contribution is -2.41. The Kier molecular flexibility index (Phi) is 5.83. The zero-order valence-corrected chi connectivity index (χ0v) is 14.3. The molecular formula is C19H32N2. The minimum atomic E-state index is 0.217. The molecule has 2 nitrogen and oxygen atoms in total. The number of benzene rings is 1. The molecule has 118 valence electrons. The van der Waals surface area contributed by atoms with Crippen LogP contribution in [-0.2, 0) is 12.0 Å². The van der Waals surface area contributed by atoms with Gasteiger partial charge in [0.2, 0.25) is 0 Å². The molecule has 21 heavy (non-hydrogen) atoms. The van der Waals surface area contributed by atoms with Crippen molar-refractivity contribution in [3.05, 3.63) is 35.4 Å². The number of nitrogens with one attached hydrogen (secondary N) is 1. The first-order valence-corrected chi connectivity index (χ1v) is 8.51. The summed E-state index contributed by atoms with van der Waals surface area (Å²) in [6, 6.07) is 9.40. The van der Waals surface area contributed by atoms with Crippen molar-refractivity contribution in [2.75, 3.05) is 19.6 Å². The lowest BCUT2D eigenvalue weighted by atomic mass is 9.84. The zero-order chi connectivity index (χ0) is 15.3. The second kappa shape index (κ2) is 7.42. The second-order valence-electron chi connectivity index (χ2n) is 7.55. The molecule has 0 aromatic heterocycles. The Bertz CT molecular complexity index is 427. The van der Waals surface area contributed by atoms with Gasteiger partial charge < -0.3 is 10.2 Å². The molecule has 1 atom stereocenters. The van der Waals surface area contributed by atoms with Gasteiger partial charge in [0.15, 0.2) is 0 Å². The molecule has 0 aliphatic carbocycles. The normalized spacial score (nSPS) is 18.7. The van der Waals surface area contributed by atoms with E-state index in [9.17, 15) is 0 Å². The van der Waals surface area contributed by atoms with E-state index in [4.69, 9.17) is 0 Å². The van der Waals surface area contributed by atoms with Gasteiger partial charge in [0.25, 0.3) is 0 Å². The third kappa shape index (κ3) is 5.12. The van der Waals surface area contributed by atoms with E-state index in [0.717, 1.165) is 6.54 Å². The molecule has 1 saturated heterocycles. The van der Waals surface area contributed by atoms with Crippen LogP contribution in [0.15, 0.2) is 24.3 Å². The Morgan fingerprint density at radius 3 is 2.43 bits per heavy atom. The van der Waals surface area contributed by atoms with E-state index < -0.39 is 0 Å². The molecule has 0 saturated carbocycles. The molecule has 1 heterocycles. The highest BCUT2D eigenvalue weighted by molar-refractivity contribution is 5.32. The van der Waals surface area contributed by atoms with Crippen LogP contribution >= 0.6 is 0 Å². The molecule has 0 bridgehead atoms. The average molecular weight is 288 g/mol.